The van der Waals surface area contributed by atoms with Crippen LogP contribution in [0.25, 0.3) is 0 Å². The van der Waals surface area contributed by atoms with Crippen LogP contribution in [0, 0.1) is 0 Å². The molecule has 2 aromatic carbocycles. The first-order valence-electron chi connectivity index (χ1n) is 9.83. The summed E-state index contributed by atoms with van der Waals surface area (Å²) in [4.78, 5) is 19.6. The summed E-state index contributed by atoms with van der Waals surface area (Å²) in [6.45, 7) is 0. The molecule has 1 aliphatic heterocycles. The van der Waals surface area contributed by atoms with E-state index in [1.807, 2.05) is 54.6 Å². The van der Waals surface area contributed by atoms with Gasteiger partial charge in [0.15, 0.2) is 5.11 Å². The van der Waals surface area contributed by atoms with Crippen LogP contribution in [0.5, 0.6) is 0 Å². The second-order valence-electron chi connectivity index (χ2n) is 7.35. The highest BCUT2D eigenvalue weighted by Crippen LogP contribution is 2.30. The van der Waals surface area contributed by atoms with Gasteiger partial charge in [-0.15, -0.1) is 9.24 Å². The standard InChI is InChI=1S/C23H22ClN4OPS/c1-28-19-11-10-15(24)12-18(19)20(14-6-3-2-4-7-14)26-21(22(28)29)27-23(31)25-16-8-5-9-17(30)13-16/h2-12,17,21H,13,30H2,1H3,(H2,25,27,31). The van der Waals surface area contributed by atoms with Gasteiger partial charge in [-0.25, -0.2) is 4.99 Å². The fraction of sp³-hybridized carbons (Fsp3) is 0.174. The first-order valence-corrected chi connectivity index (χ1v) is 11.3. The number of hydrogen-bond acceptors (Lipinski definition) is 3. The van der Waals surface area contributed by atoms with Gasteiger partial charge < -0.3 is 15.5 Å². The Balaban J connectivity index is 1.68. The topological polar surface area (TPSA) is 56.7 Å². The molecule has 1 amide bonds. The Bertz CT molecular complexity index is 1120. The molecule has 3 unspecified atom stereocenters. The van der Waals surface area contributed by atoms with Gasteiger partial charge in [0, 0.05) is 28.9 Å². The van der Waals surface area contributed by atoms with Crippen molar-refractivity contribution in [2.75, 3.05) is 11.9 Å². The van der Waals surface area contributed by atoms with Crippen molar-refractivity contribution in [3.63, 3.8) is 0 Å². The highest BCUT2D eigenvalue weighted by atomic mass is 35.5. The van der Waals surface area contributed by atoms with Gasteiger partial charge in [-0.1, -0.05) is 54.1 Å². The maximum absolute atomic E-state index is 13.3. The predicted molar refractivity (Wildman–Crippen MR) is 135 cm³/mol. The molecule has 4 rings (SSSR count). The minimum atomic E-state index is -0.877. The molecule has 2 N–H and O–H groups in total. The number of benzodiazepines with no additional fused rings is 1. The van der Waals surface area contributed by atoms with E-state index in [-0.39, 0.29) is 5.91 Å². The Morgan fingerprint density at radius 2 is 2.03 bits per heavy atom. The van der Waals surface area contributed by atoms with Gasteiger partial charge in [-0.2, -0.15) is 0 Å². The monoisotopic (exact) mass is 468 g/mol. The van der Waals surface area contributed by atoms with E-state index in [9.17, 15) is 4.79 Å². The molecule has 0 saturated carbocycles. The number of thiocarbonyl (C=S) groups is 1. The van der Waals surface area contributed by atoms with Crippen LogP contribution in [0.3, 0.4) is 0 Å². The minimum absolute atomic E-state index is 0.208. The zero-order valence-electron chi connectivity index (χ0n) is 16.9. The second kappa shape index (κ2) is 9.31. The number of likely N-dealkylation sites (N-methyl/N-ethyl adjacent to an activating group) is 1. The second-order valence-corrected chi connectivity index (χ2v) is 9.05. The number of amides is 1. The lowest BCUT2D eigenvalue weighted by atomic mass is 10.0. The van der Waals surface area contributed by atoms with Gasteiger partial charge in [0.05, 0.1) is 11.4 Å². The molecule has 31 heavy (non-hydrogen) atoms. The predicted octanol–water partition coefficient (Wildman–Crippen LogP) is 4.03. The van der Waals surface area contributed by atoms with Crippen LogP contribution in [-0.2, 0) is 4.79 Å². The van der Waals surface area contributed by atoms with E-state index in [4.69, 9.17) is 28.8 Å². The molecule has 0 saturated heterocycles. The van der Waals surface area contributed by atoms with Gasteiger partial charge in [0.2, 0.25) is 6.17 Å². The van der Waals surface area contributed by atoms with Crippen molar-refractivity contribution in [1.29, 1.82) is 0 Å². The maximum Gasteiger partial charge on any atom is 0.272 e. The number of benzene rings is 2. The molecule has 0 bridgehead atoms. The Morgan fingerprint density at radius 3 is 2.77 bits per heavy atom. The van der Waals surface area contributed by atoms with E-state index < -0.39 is 6.17 Å². The van der Waals surface area contributed by atoms with Crippen molar-refractivity contribution < 1.29 is 4.79 Å². The number of carbonyl (C=O) groups is 1. The fourth-order valence-electron chi connectivity index (χ4n) is 3.57. The summed E-state index contributed by atoms with van der Waals surface area (Å²) < 4.78 is 0. The summed E-state index contributed by atoms with van der Waals surface area (Å²) in [7, 11) is 4.51. The quantitative estimate of drug-likeness (QED) is 0.527. The van der Waals surface area contributed by atoms with Crippen molar-refractivity contribution in [3.8, 4) is 0 Å². The molecule has 2 aliphatic rings. The average Bonchev–Trinajstić information content (AvgIpc) is 2.85. The number of hydrogen-bond donors (Lipinski definition) is 2. The van der Waals surface area contributed by atoms with Crippen molar-refractivity contribution in [3.05, 3.63) is 88.6 Å². The highest BCUT2D eigenvalue weighted by molar-refractivity contribution is 7.80. The van der Waals surface area contributed by atoms with E-state index in [0.717, 1.165) is 28.9 Å². The number of anilines is 1. The van der Waals surface area contributed by atoms with Crippen molar-refractivity contribution in [1.82, 2.24) is 10.6 Å². The van der Waals surface area contributed by atoms with Gasteiger partial charge in [-0.3, -0.25) is 4.79 Å². The Hall–Kier alpha value is -2.53. The number of carbonyl (C=O) groups excluding carboxylic acids is 1. The van der Waals surface area contributed by atoms with Crippen LogP contribution < -0.4 is 15.5 Å². The number of halogens is 1. The zero-order chi connectivity index (χ0) is 22.0. The molecule has 158 valence electrons. The first-order chi connectivity index (χ1) is 14.9. The molecule has 0 aromatic heterocycles. The SMILES string of the molecule is CN1C(=O)C(NC(=S)NC2=CC=CC(P)C2)N=C(c2ccccc2)c2cc(Cl)ccc21. The highest BCUT2D eigenvalue weighted by Gasteiger charge is 2.30. The third kappa shape index (κ3) is 4.87. The number of allylic oxidation sites excluding steroid dienone is 4. The molecule has 1 heterocycles. The molecule has 8 heteroatoms. The van der Waals surface area contributed by atoms with Crippen molar-refractivity contribution in [2.24, 2.45) is 4.99 Å². The van der Waals surface area contributed by atoms with E-state index >= 15 is 0 Å². The van der Waals surface area contributed by atoms with Gasteiger partial charge in [-0.05, 0) is 48.6 Å². The fourth-order valence-corrected chi connectivity index (χ4v) is 4.37. The number of rotatable bonds is 3. The lowest BCUT2D eigenvalue weighted by Crippen LogP contribution is -2.49. The number of aliphatic imine (C=N–C) groups is 1. The van der Waals surface area contributed by atoms with Crippen LogP contribution in [0.15, 0.2) is 77.4 Å². The largest absolute Gasteiger partial charge is 0.336 e. The van der Waals surface area contributed by atoms with Crippen LogP contribution >= 0.6 is 33.1 Å². The van der Waals surface area contributed by atoms with Gasteiger partial charge >= 0.3 is 0 Å². The van der Waals surface area contributed by atoms with E-state index in [1.54, 1.807) is 18.0 Å². The Labute approximate surface area is 194 Å². The minimum Gasteiger partial charge on any atom is -0.336 e. The van der Waals surface area contributed by atoms with E-state index in [1.165, 1.54) is 0 Å². The number of nitrogens with one attached hydrogen (secondary N) is 2. The summed E-state index contributed by atoms with van der Waals surface area (Å²) in [5.74, 6) is -0.208. The number of fused-ring (bicyclic) bond motifs is 1. The van der Waals surface area contributed by atoms with Crippen molar-refractivity contribution >= 4 is 55.5 Å². The lowest BCUT2D eigenvalue weighted by Gasteiger charge is -2.23. The molecule has 1 aliphatic carbocycles. The van der Waals surface area contributed by atoms with Crippen LogP contribution in [-0.4, -0.2) is 35.6 Å². The van der Waals surface area contributed by atoms with E-state index in [0.29, 0.717) is 21.5 Å². The summed E-state index contributed by atoms with van der Waals surface area (Å²) >= 11 is 11.8. The number of nitrogens with zero attached hydrogens (tertiary/aromatic N) is 2. The van der Waals surface area contributed by atoms with Crippen LogP contribution in [0.2, 0.25) is 5.02 Å². The third-order valence-electron chi connectivity index (χ3n) is 5.10. The molecule has 0 radical (unpaired) electrons. The smallest absolute Gasteiger partial charge is 0.272 e. The molecule has 0 spiro atoms. The maximum atomic E-state index is 13.3. The molecule has 3 atom stereocenters. The molecular formula is C23H22ClN4OPS. The summed E-state index contributed by atoms with van der Waals surface area (Å²) in [5, 5.41) is 7.21. The van der Waals surface area contributed by atoms with Crippen molar-refractivity contribution in [2.45, 2.75) is 18.2 Å². The van der Waals surface area contributed by atoms with E-state index in [2.05, 4.69) is 25.9 Å². The lowest BCUT2D eigenvalue weighted by molar-refractivity contribution is -0.119. The molecule has 0 fully saturated rings. The third-order valence-corrected chi connectivity index (χ3v) is 6.01. The Kier molecular flexibility index (Phi) is 6.51. The molecular weight excluding hydrogens is 447 g/mol. The van der Waals surface area contributed by atoms with Gasteiger partial charge in [0.1, 0.15) is 0 Å². The van der Waals surface area contributed by atoms with Crippen LogP contribution in [0.4, 0.5) is 5.69 Å². The summed E-state index contributed by atoms with van der Waals surface area (Å²) in [6.07, 6.45) is 6.02. The Morgan fingerprint density at radius 1 is 1.26 bits per heavy atom. The van der Waals surface area contributed by atoms with Gasteiger partial charge in [0.25, 0.3) is 5.91 Å². The summed E-state index contributed by atoms with van der Waals surface area (Å²) in [6, 6.07) is 15.2. The first kappa shape index (κ1) is 21.7. The van der Waals surface area contributed by atoms with Crippen LogP contribution in [0.1, 0.15) is 17.5 Å². The molecule has 2 aromatic rings. The summed E-state index contributed by atoms with van der Waals surface area (Å²) in [5.41, 5.74) is 4.45. The average molecular weight is 469 g/mol. The zero-order valence-corrected chi connectivity index (χ0v) is 19.6. The normalized spacial score (nSPS) is 20.4. The molecule has 5 nitrogen and oxygen atoms in total.